The van der Waals surface area contributed by atoms with Gasteiger partial charge in [0.15, 0.2) is 0 Å². The van der Waals surface area contributed by atoms with Crippen molar-refractivity contribution in [3.8, 4) is 5.75 Å². The van der Waals surface area contributed by atoms with E-state index in [9.17, 15) is 0 Å². The molecule has 5 aromatic rings. The Labute approximate surface area is 217 Å². The standard InChI is InChI=1S/C31H33N5O/c1-21-7-8-22(2)24(17-21)19-36(25-9-10-27-23(18-25)11-14-32-27)31-30-28(33-20-34-31)5-4-6-29(30)37-26-12-15-35(3)16-13-26/h4-11,14,17-18,20,26,32H,12-13,15-16,19H2,1-3H3. The Bertz CT molecular complexity index is 1550. The molecular formula is C31H33N5O. The van der Waals surface area contributed by atoms with Gasteiger partial charge in [0.1, 0.15) is 24.0 Å². The lowest BCUT2D eigenvalue weighted by molar-refractivity contribution is 0.116. The van der Waals surface area contributed by atoms with Gasteiger partial charge in [0.05, 0.1) is 10.9 Å². The van der Waals surface area contributed by atoms with E-state index in [1.807, 2.05) is 18.3 Å². The van der Waals surface area contributed by atoms with Gasteiger partial charge in [0, 0.05) is 42.4 Å². The van der Waals surface area contributed by atoms with Crippen LogP contribution in [0.3, 0.4) is 0 Å². The van der Waals surface area contributed by atoms with Crippen LogP contribution in [-0.2, 0) is 6.54 Å². The summed E-state index contributed by atoms with van der Waals surface area (Å²) >= 11 is 0. The van der Waals surface area contributed by atoms with E-state index in [1.165, 1.54) is 22.1 Å². The minimum Gasteiger partial charge on any atom is -0.489 e. The number of nitrogens with one attached hydrogen (secondary N) is 1. The molecule has 2 aromatic heterocycles. The Hall–Kier alpha value is -3.90. The van der Waals surface area contributed by atoms with E-state index in [1.54, 1.807) is 6.33 Å². The molecule has 0 spiro atoms. The molecule has 3 heterocycles. The third-order valence-corrected chi connectivity index (χ3v) is 7.50. The molecule has 37 heavy (non-hydrogen) atoms. The average Bonchev–Trinajstić information content (AvgIpc) is 3.38. The van der Waals surface area contributed by atoms with Crippen molar-refractivity contribution in [2.75, 3.05) is 25.0 Å². The zero-order chi connectivity index (χ0) is 25.4. The predicted molar refractivity (Wildman–Crippen MR) is 151 cm³/mol. The first kappa shape index (κ1) is 23.5. The number of nitrogens with zero attached hydrogens (tertiary/aromatic N) is 4. The van der Waals surface area contributed by atoms with Crippen LogP contribution in [0, 0.1) is 13.8 Å². The monoisotopic (exact) mass is 491 g/mol. The van der Waals surface area contributed by atoms with E-state index in [0.29, 0.717) is 6.54 Å². The SMILES string of the molecule is Cc1ccc(C)c(CN(c2ccc3[nH]ccc3c2)c2ncnc3cccc(OC4CCN(C)CC4)c23)c1. The number of H-pyrrole nitrogens is 1. The van der Waals surface area contributed by atoms with Gasteiger partial charge in [-0.05, 0) is 81.3 Å². The number of aryl methyl sites for hydroxylation is 2. The van der Waals surface area contributed by atoms with Crippen LogP contribution in [-0.4, -0.2) is 46.1 Å². The molecule has 0 unspecified atom stereocenters. The number of rotatable bonds is 6. The van der Waals surface area contributed by atoms with Crippen LogP contribution in [0.25, 0.3) is 21.8 Å². The number of aromatic amines is 1. The Balaban J connectivity index is 1.49. The summed E-state index contributed by atoms with van der Waals surface area (Å²) in [6, 6.07) is 21.4. The van der Waals surface area contributed by atoms with E-state index in [-0.39, 0.29) is 6.10 Å². The molecule has 1 aliphatic heterocycles. The second kappa shape index (κ2) is 9.87. The van der Waals surface area contributed by atoms with Crippen LogP contribution in [0.15, 0.2) is 73.2 Å². The van der Waals surface area contributed by atoms with Crippen LogP contribution >= 0.6 is 0 Å². The van der Waals surface area contributed by atoms with Gasteiger partial charge >= 0.3 is 0 Å². The molecule has 0 aliphatic carbocycles. The molecule has 1 aliphatic rings. The number of anilines is 2. The molecule has 1 saturated heterocycles. The Kier molecular flexibility index (Phi) is 6.26. The van der Waals surface area contributed by atoms with Crippen molar-refractivity contribution in [3.63, 3.8) is 0 Å². The second-order valence-electron chi connectivity index (χ2n) is 10.2. The largest absolute Gasteiger partial charge is 0.489 e. The highest BCUT2D eigenvalue weighted by Crippen LogP contribution is 2.38. The summed E-state index contributed by atoms with van der Waals surface area (Å²) in [5, 5.41) is 2.13. The highest BCUT2D eigenvalue weighted by Gasteiger charge is 2.23. The Morgan fingerprint density at radius 3 is 2.73 bits per heavy atom. The molecule has 6 nitrogen and oxygen atoms in total. The van der Waals surface area contributed by atoms with Crippen LogP contribution < -0.4 is 9.64 Å². The smallest absolute Gasteiger partial charge is 0.148 e. The van der Waals surface area contributed by atoms with Crippen molar-refractivity contribution in [2.24, 2.45) is 0 Å². The Morgan fingerprint density at radius 2 is 1.86 bits per heavy atom. The first-order valence-electron chi connectivity index (χ1n) is 13.0. The maximum atomic E-state index is 6.66. The maximum Gasteiger partial charge on any atom is 0.148 e. The third kappa shape index (κ3) is 4.77. The van der Waals surface area contributed by atoms with Crippen molar-refractivity contribution in [3.05, 3.63) is 89.9 Å². The summed E-state index contributed by atoms with van der Waals surface area (Å²) < 4.78 is 6.66. The van der Waals surface area contributed by atoms with Crippen LogP contribution in [0.2, 0.25) is 0 Å². The number of likely N-dealkylation sites (tertiary alicyclic amines) is 1. The average molecular weight is 492 g/mol. The minimum atomic E-state index is 0.193. The van der Waals surface area contributed by atoms with E-state index in [0.717, 1.165) is 59.6 Å². The molecule has 0 atom stereocenters. The lowest BCUT2D eigenvalue weighted by Gasteiger charge is -2.30. The first-order chi connectivity index (χ1) is 18.0. The van der Waals surface area contributed by atoms with Gasteiger partial charge in [0.2, 0.25) is 0 Å². The number of piperidine rings is 1. The van der Waals surface area contributed by atoms with Crippen molar-refractivity contribution >= 4 is 33.3 Å². The fourth-order valence-corrected chi connectivity index (χ4v) is 5.29. The molecule has 0 bridgehead atoms. The quantitative estimate of drug-likeness (QED) is 0.292. The first-order valence-corrected chi connectivity index (χ1v) is 13.0. The van der Waals surface area contributed by atoms with Gasteiger partial charge in [0.25, 0.3) is 0 Å². The van der Waals surface area contributed by atoms with E-state index >= 15 is 0 Å². The lowest BCUT2D eigenvalue weighted by atomic mass is 10.0. The summed E-state index contributed by atoms with van der Waals surface area (Å²) in [5.41, 5.74) is 6.88. The molecule has 3 aromatic carbocycles. The van der Waals surface area contributed by atoms with Gasteiger partial charge in [-0.3, -0.25) is 0 Å². The highest BCUT2D eigenvalue weighted by molar-refractivity contribution is 5.97. The van der Waals surface area contributed by atoms with E-state index in [4.69, 9.17) is 9.72 Å². The number of hydrogen-bond acceptors (Lipinski definition) is 5. The fourth-order valence-electron chi connectivity index (χ4n) is 5.29. The number of ether oxygens (including phenoxy) is 1. The molecule has 6 heteroatoms. The van der Waals surface area contributed by atoms with Gasteiger partial charge < -0.3 is 19.5 Å². The fraction of sp³-hybridized carbons (Fsp3) is 0.290. The third-order valence-electron chi connectivity index (χ3n) is 7.50. The molecule has 0 saturated carbocycles. The molecular weight excluding hydrogens is 458 g/mol. The molecule has 1 fully saturated rings. The highest BCUT2D eigenvalue weighted by atomic mass is 16.5. The van der Waals surface area contributed by atoms with E-state index in [2.05, 4.69) is 89.2 Å². The van der Waals surface area contributed by atoms with E-state index < -0.39 is 0 Å². The molecule has 6 rings (SSSR count). The summed E-state index contributed by atoms with van der Waals surface area (Å²) in [4.78, 5) is 17.5. The predicted octanol–water partition coefficient (Wildman–Crippen LogP) is 6.54. The molecule has 188 valence electrons. The van der Waals surface area contributed by atoms with Crippen molar-refractivity contribution < 1.29 is 4.74 Å². The number of hydrogen-bond donors (Lipinski definition) is 1. The van der Waals surface area contributed by atoms with Crippen molar-refractivity contribution in [2.45, 2.75) is 39.3 Å². The molecule has 0 radical (unpaired) electrons. The van der Waals surface area contributed by atoms with Crippen LogP contribution in [0.4, 0.5) is 11.5 Å². The number of aromatic nitrogens is 3. The maximum absolute atomic E-state index is 6.66. The minimum absolute atomic E-state index is 0.193. The lowest BCUT2D eigenvalue weighted by Crippen LogP contribution is -2.35. The second-order valence-corrected chi connectivity index (χ2v) is 10.2. The Morgan fingerprint density at radius 1 is 1.00 bits per heavy atom. The van der Waals surface area contributed by atoms with Gasteiger partial charge in [-0.15, -0.1) is 0 Å². The molecule has 0 amide bonds. The van der Waals surface area contributed by atoms with Crippen molar-refractivity contribution in [1.82, 2.24) is 19.9 Å². The summed E-state index contributed by atoms with van der Waals surface area (Å²) in [5.74, 6) is 1.72. The van der Waals surface area contributed by atoms with Gasteiger partial charge in [-0.25, -0.2) is 9.97 Å². The van der Waals surface area contributed by atoms with Crippen LogP contribution in [0.1, 0.15) is 29.5 Å². The van der Waals surface area contributed by atoms with Crippen molar-refractivity contribution in [1.29, 1.82) is 0 Å². The summed E-state index contributed by atoms with van der Waals surface area (Å²) in [7, 11) is 2.17. The van der Waals surface area contributed by atoms with Gasteiger partial charge in [-0.1, -0.05) is 29.8 Å². The zero-order valence-electron chi connectivity index (χ0n) is 21.7. The zero-order valence-corrected chi connectivity index (χ0v) is 21.7. The topological polar surface area (TPSA) is 57.3 Å². The normalized spacial score (nSPS) is 14.9. The van der Waals surface area contributed by atoms with Gasteiger partial charge in [-0.2, -0.15) is 0 Å². The number of benzene rings is 3. The summed E-state index contributed by atoms with van der Waals surface area (Å²) in [6.45, 7) is 7.11. The number of fused-ring (bicyclic) bond motifs is 2. The summed E-state index contributed by atoms with van der Waals surface area (Å²) in [6.07, 6.45) is 5.89. The molecule has 1 N–H and O–H groups in total. The van der Waals surface area contributed by atoms with Crippen LogP contribution in [0.5, 0.6) is 5.75 Å².